The maximum atomic E-state index is 5.99. The third-order valence-corrected chi connectivity index (χ3v) is 2.71. The summed E-state index contributed by atoms with van der Waals surface area (Å²) < 4.78 is 2.19. The fourth-order valence-electron chi connectivity index (χ4n) is 1.84. The molecule has 2 radical (unpaired) electrons. The summed E-state index contributed by atoms with van der Waals surface area (Å²) in [5, 5.41) is 1.25. The molecule has 1 heteroatoms. The summed E-state index contributed by atoms with van der Waals surface area (Å²) in [5.74, 6) is 0. The van der Waals surface area contributed by atoms with Gasteiger partial charge in [-0.15, -0.1) is 0 Å². The summed E-state index contributed by atoms with van der Waals surface area (Å²) >= 11 is 0. The largest absolute Gasteiger partial charge is 0.212 e. The van der Waals surface area contributed by atoms with Gasteiger partial charge in [-0.1, -0.05) is 25.5 Å². The van der Waals surface area contributed by atoms with Crippen molar-refractivity contribution in [3.05, 3.63) is 49.0 Å². The van der Waals surface area contributed by atoms with Crippen LogP contribution in [0.2, 0.25) is 0 Å². The van der Waals surface area contributed by atoms with Crippen molar-refractivity contribution in [2.24, 2.45) is 0 Å². The number of pyridine rings is 1. The van der Waals surface area contributed by atoms with E-state index in [1.807, 2.05) is 6.07 Å². The predicted octanol–water partition coefficient (Wildman–Crippen LogP) is 2.99. The van der Waals surface area contributed by atoms with Crippen LogP contribution in [0.15, 0.2) is 36.4 Å². The molecule has 0 saturated heterocycles. The fourth-order valence-corrected chi connectivity index (χ4v) is 1.84. The van der Waals surface area contributed by atoms with Gasteiger partial charge in [0.2, 0.25) is 5.52 Å². The maximum Gasteiger partial charge on any atom is 0.212 e. The van der Waals surface area contributed by atoms with Gasteiger partial charge >= 0.3 is 0 Å². The van der Waals surface area contributed by atoms with Gasteiger partial charge in [-0.2, -0.15) is 4.57 Å². The molecule has 76 valence electrons. The quantitative estimate of drug-likeness (QED) is 0.667. The molecule has 0 unspecified atom stereocenters. The lowest BCUT2D eigenvalue weighted by Crippen LogP contribution is -2.37. The van der Waals surface area contributed by atoms with E-state index < -0.39 is 0 Å². The number of para-hydroxylation sites is 1. The van der Waals surface area contributed by atoms with Crippen LogP contribution in [0.4, 0.5) is 0 Å². The average Bonchev–Trinajstić information content (AvgIpc) is 2.28. The molecule has 2 rings (SSSR count). The molecule has 15 heavy (non-hydrogen) atoms. The highest BCUT2D eigenvalue weighted by Gasteiger charge is 2.10. The summed E-state index contributed by atoms with van der Waals surface area (Å²) in [6.45, 7) is 9.19. The first-order chi connectivity index (χ1) is 7.33. The Morgan fingerprint density at radius 2 is 1.93 bits per heavy atom. The summed E-state index contributed by atoms with van der Waals surface area (Å²) in [7, 11) is 0. The van der Waals surface area contributed by atoms with E-state index in [-0.39, 0.29) is 0 Å². The molecule has 0 N–H and O–H groups in total. The van der Waals surface area contributed by atoms with E-state index in [9.17, 15) is 0 Å². The number of hydrogen-bond donors (Lipinski definition) is 0. The van der Waals surface area contributed by atoms with Gasteiger partial charge in [-0.25, -0.2) is 0 Å². The second kappa shape index (κ2) is 4.43. The summed E-state index contributed by atoms with van der Waals surface area (Å²) in [4.78, 5) is 0. The molecule has 2 aromatic rings. The minimum atomic E-state index is 0.849. The zero-order chi connectivity index (χ0) is 10.7. The van der Waals surface area contributed by atoms with E-state index in [1.54, 1.807) is 0 Å². The van der Waals surface area contributed by atoms with E-state index in [0.717, 1.165) is 12.2 Å². The molecule has 1 aromatic heterocycles. The van der Waals surface area contributed by atoms with E-state index in [0.29, 0.717) is 0 Å². The molecule has 0 amide bonds. The highest BCUT2D eigenvalue weighted by atomic mass is 15.0. The monoisotopic (exact) mass is 198 g/mol. The SMILES string of the molecule is [CH]c1ccc2ccccc2[n+]1CCCC. The Morgan fingerprint density at radius 3 is 2.73 bits per heavy atom. The van der Waals surface area contributed by atoms with Crippen molar-refractivity contribution in [1.82, 2.24) is 0 Å². The first-order valence-corrected chi connectivity index (χ1v) is 5.50. The van der Waals surface area contributed by atoms with E-state index in [4.69, 9.17) is 6.92 Å². The van der Waals surface area contributed by atoms with Crippen LogP contribution in [-0.2, 0) is 6.54 Å². The van der Waals surface area contributed by atoms with Crippen molar-refractivity contribution in [2.75, 3.05) is 0 Å². The number of hydrogen-bond acceptors (Lipinski definition) is 0. The molecule has 1 heterocycles. The molecule has 1 aromatic carbocycles. The van der Waals surface area contributed by atoms with E-state index in [2.05, 4.69) is 41.8 Å². The second-order valence-corrected chi connectivity index (χ2v) is 3.82. The van der Waals surface area contributed by atoms with Gasteiger partial charge in [0.15, 0.2) is 5.69 Å². The Bertz CT molecular complexity index is 460. The summed E-state index contributed by atoms with van der Waals surface area (Å²) in [6, 6.07) is 12.4. The van der Waals surface area contributed by atoms with Crippen LogP contribution in [0.5, 0.6) is 0 Å². The number of rotatable bonds is 3. The number of aromatic nitrogens is 1. The third-order valence-electron chi connectivity index (χ3n) is 2.71. The van der Waals surface area contributed by atoms with Crippen LogP contribution >= 0.6 is 0 Å². The maximum absolute atomic E-state index is 5.99. The van der Waals surface area contributed by atoms with Crippen molar-refractivity contribution in [3.8, 4) is 0 Å². The molecular formula is C14H16N+. The molecule has 0 aliphatic heterocycles. The Labute approximate surface area is 91.4 Å². The van der Waals surface area contributed by atoms with Crippen molar-refractivity contribution >= 4 is 10.9 Å². The fraction of sp³-hybridized carbons (Fsp3) is 0.286. The Kier molecular flexibility index (Phi) is 3.00. The lowest BCUT2D eigenvalue weighted by molar-refractivity contribution is -0.675. The molecule has 0 fully saturated rings. The van der Waals surface area contributed by atoms with Crippen LogP contribution in [0, 0.1) is 6.92 Å². The van der Waals surface area contributed by atoms with Crippen molar-refractivity contribution in [1.29, 1.82) is 0 Å². The number of benzene rings is 1. The summed E-state index contributed by atoms with van der Waals surface area (Å²) in [5.41, 5.74) is 2.08. The van der Waals surface area contributed by atoms with Crippen LogP contribution in [0.3, 0.4) is 0 Å². The number of fused-ring (bicyclic) bond motifs is 1. The molecule has 0 bridgehead atoms. The van der Waals surface area contributed by atoms with Gasteiger partial charge in [-0.05, 0) is 12.1 Å². The Morgan fingerprint density at radius 1 is 1.13 bits per heavy atom. The zero-order valence-corrected chi connectivity index (χ0v) is 9.11. The molecule has 0 aliphatic carbocycles. The van der Waals surface area contributed by atoms with Gasteiger partial charge in [-0.3, -0.25) is 0 Å². The van der Waals surface area contributed by atoms with Crippen molar-refractivity contribution in [2.45, 2.75) is 26.3 Å². The van der Waals surface area contributed by atoms with Crippen LogP contribution in [0.1, 0.15) is 25.5 Å². The molecule has 1 nitrogen and oxygen atoms in total. The van der Waals surface area contributed by atoms with Crippen LogP contribution in [-0.4, -0.2) is 0 Å². The minimum Gasteiger partial charge on any atom is -0.195 e. The highest BCUT2D eigenvalue weighted by molar-refractivity contribution is 5.75. The van der Waals surface area contributed by atoms with Gasteiger partial charge in [0, 0.05) is 23.9 Å². The van der Waals surface area contributed by atoms with Crippen LogP contribution in [0.25, 0.3) is 10.9 Å². The minimum absolute atomic E-state index is 0.849. The second-order valence-electron chi connectivity index (χ2n) is 3.82. The molecular weight excluding hydrogens is 182 g/mol. The topological polar surface area (TPSA) is 3.88 Å². The van der Waals surface area contributed by atoms with Crippen molar-refractivity contribution < 1.29 is 4.57 Å². The van der Waals surface area contributed by atoms with E-state index >= 15 is 0 Å². The van der Waals surface area contributed by atoms with Gasteiger partial charge in [0.25, 0.3) is 0 Å². The number of aryl methyl sites for hydroxylation is 1. The molecule has 0 atom stereocenters. The lowest BCUT2D eigenvalue weighted by Gasteiger charge is -2.03. The number of nitrogens with zero attached hydrogens (tertiary/aromatic N) is 1. The summed E-state index contributed by atoms with van der Waals surface area (Å²) in [6.07, 6.45) is 2.36. The lowest BCUT2D eigenvalue weighted by atomic mass is 10.2. The highest BCUT2D eigenvalue weighted by Crippen LogP contribution is 2.10. The average molecular weight is 198 g/mol. The molecule has 0 saturated carbocycles. The molecule has 0 aliphatic rings. The first kappa shape index (κ1) is 10.2. The zero-order valence-electron chi connectivity index (χ0n) is 9.11. The van der Waals surface area contributed by atoms with Gasteiger partial charge in [0.05, 0.1) is 6.92 Å². The van der Waals surface area contributed by atoms with Gasteiger partial charge < -0.3 is 0 Å². The smallest absolute Gasteiger partial charge is 0.195 e. The molecule has 0 spiro atoms. The van der Waals surface area contributed by atoms with Gasteiger partial charge in [0.1, 0.15) is 6.54 Å². The predicted molar refractivity (Wildman–Crippen MR) is 62.5 cm³/mol. The number of unbranched alkanes of at least 4 members (excludes halogenated alkanes) is 1. The van der Waals surface area contributed by atoms with Crippen molar-refractivity contribution in [3.63, 3.8) is 0 Å². The standard InChI is InChI=1S/C14H16N/c1-3-4-11-15-12(2)9-10-13-7-5-6-8-14(13)15/h2,5-10H,3-4,11H2,1H3/q+1. The van der Waals surface area contributed by atoms with E-state index in [1.165, 1.54) is 23.7 Å². The Balaban J connectivity index is 2.53. The van der Waals surface area contributed by atoms with Crippen LogP contribution < -0.4 is 4.57 Å². The Hall–Kier alpha value is -1.37. The third kappa shape index (κ3) is 2.01. The first-order valence-electron chi connectivity index (χ1n) is 5.50. The normalized spacial score (nSPS) is 10.8.